The lowest BCUT2D eigenvalue weighted by atomic mass is 9.87. The molecule has 0 heterocycles. The lowest BCUT2D eigenvalue weighted by molar-refractivity contribution is 0.0551. The van der Waals surface area contributed by atoms with Crippen molar-refractivity contribution in [1.29, 1.82) is 0 Å². The quantitative estimate of drug-likeness (QED) is 0.793. The molecule has 1 fully saturated rings. The third-order valence-corrected chi connectivity index (χ3v) is 3.91. The second kappa shape index (κ2) is 4.82. The van der Waals surface area contributed by atoms with Gasteiger partial charge in [-0.05, 0) is 31.4 Å². The summed E-state index contributed by atoms with van der Waals surface area (Å²) in [7, 11) is 0. The molecule has 0 aliphatic heterocycles. The normalized spacial score (nSPS) is 20.5. The van der Waals surface area contributed by atoms with Crippen molar-refractivity contribution in [3.05, 3.63) is 71.8 Å². The molecule has 1 saturated carbocycles. The molecule has 0 amide bonds. The maximum absolute atomic E-state index is 6.09. The van der Waals surface area contributed by atoms with Crippen LogP contribution in [0.5, 0.6) is 0 Å². The fourth-order valence-corrected chi connectivity index (χ4v) is 2.97. The molecule has 19 heavy (non-hydrogen) atoms. The van der Waals surface area contributed by atoms with E-state index in [1.165, 1.54) is 11.1 Å². The Morgan fingerprint density at radius 1 is 0.895 bits per heavy atom. The Morgan fingerprint density at radius 3 is 1.79 bits per heavy atom. The van der Waals surface area contributed by atoms with Crippen LogP contribution in [0.3, 0.4) is 0 Å². The molecule has 1 nitrogen and oxygen atoms in total. The van der Waals surface area contributed by atoms with Crippen LogP contribution in [-0.4, -0.2) is 12.2 Å². The van der Waals surface area contributed by atoms with Crippen molar-refractivity contribution in [2.45, 2.75) is 37.9 Å². The molecule has 1 aliphatic rings. The van der Waals surface area contributed by atoms with Gasteiger partial charge in [0.25, 0.3) is 0 Å². The first-order valence-electron chi connectivity index (χ1n) is 7.00. The molecule has 98 valence electrons. The molecule has 0 radical (unpaired) electrons. The fraction of sp³-hybridized carbons (Fsp3) is 0.333. The SMILES string of the molecule is CC(C)O[C@H]1CC1(c1ccccc1)c1ccccc1. The van der Waals surface area contributed by atoms with E-state index in [4.69, 9.17) is 4.74 Å². The molecule has 3 rings (SSSR count). The predicted molar refractivity (Wildman–Crippen MR) is 78.3 cm³/mol. The molecule has 1 aliphatic carbocycles. The van der Waals surface area contributed by atoms with Gasteiger partial charge in [0.2, 0.25) is 0 Å². The van der Waals surface area contributed by atoms with Crippen LogP contribution in [0.15, 0.2) is 60.7 Å². The first-order valence-corrected chi connectivity index (χ1v) is 7.00. The lowest BCUT2D eigenvalue weighted by Crippen LogP contribution is -2.18. The minimum atomic E-state index is 0.0623. The average Bonchev–Trinajstić information content (AvgIpc) is 3.15. The van der Waals surface area contributed by atoms with E-state index in [0.29, 0.717) is 6.10 Å². The van der Waals surface area contributed by atoms with E-state index < -0.39 is 0 Å². The lowest BCUT2D eigenvalue weighted by Gasteiger charge is -2.20. The zero-order valence-corrected chi connectivity index (χ0v) is 11.5. The van der Waals surface area contributed by atoms with Crippen LogP contribution in [0.2, 0.25) is 0 Å². The van der Waals surface area contributed by atoms with Crippen LogP contribution in [0, 0.1) is 0 Å². The number of rotatable bonds is 4. The van der Waals surface area contributed by atoms with Crippen LogP contribution in [0.25, 0.3) is 0 Å². The summed E-state index contributed by atoms with van der Waals surface area (Å²) in [6.07, 6.45) is 1.66. The van der Waals surface area contributed by atoms with Gasteiger partial charge in [-0.25, -0.2) is 0 Å². The van der Waals surface area contributed by atoms with Gasteiger partial charge in [-0.15, -0.1) is 0 Å². The molecule has 1 heteroatoms. The van der Waals surface area contributed by atoms with E-state index >= 15 is 0 Å². The van der Waals surface area contributed by atoms with Crippen LogP contribution in [0.4, 0.5) is 0 Å². The number of hydrogen-bond acceptors (Lipinski definition) is 1. The summed E-state index contributed by atoms with van der Waals surface area (Å²) in [6.45, 7) is 4.22. The summed E-state index contributed by atoms with van der Waals surface area (Å²) in [5.74, 6) is 0. The molecular weight excluding hydrogens is 232 g/mol. The van der Waals surface area contributed by atoms with Gasteiger partial charge < -0.3 is 4.74 Å². The zero-order valence-electron chi connectivity index (χ0n) is 11.5. The van der Waals surface area contributed by atoms with Gasteiger partial charge in [0.15, 0.2) is 0 Å². The van der Waals surface area contributed by atoms with Crippen molar-refractivity contribution in [2.75, 3.05) is 0 Å². The number of ether oxygens (including phenoxy) is 1. The van der Waals surface area contributed by atoms with Gasteiger partial charge in [0.1, 0.15) is 0 Å². The van der Waals surface area contributed by atoms with Gasteiger partial charge in [0, 0.05) is 5.41 Å². The van der Waals surface area contributed by atoms with Crippen molar-refractivity contribution in [3.8, 4) is 0 Å². The highest BCUT2D eigenvalue weighted by molar-refractivity contribution is 5.48. The van der Waals surface area contributed by atoms with Crippen molar-refractivity contribution in [3.63, 3.8) is 0 Å². The monoisotopic (exact) mass is 252 g/mol. The maximum atomic E-state index is 6.09. The number of benzene rings is 2. The first kappa shape index (κ1) is 12.4. The molecular formula is C18H20O. The van der Waals surface area contributed by atoms with E-state index in [2.05, 4.69) is 74.5 Å². The summed E-state index contributed by atoms with van der Waals surface area (Å²) in [4.78, 5) is 0. The van der Waals surface area contributed by atoms with Crippen LogP contribution >= 0.6 is 0 Å². The molecule has 2 aromatic carbocycles. The summed E-state index contributed by atoms with van der Waals surface area (Å²) in [6, 6.07) is 21.5. The van der Waals surface area contributed by atoms with Crippen molar-refractivity contribution >= 4 is 0 Å². The van der Waals surface area contributed by atoms with Gasteiger partial charge >= 0.3 is 0 Å². The minimum Gasteiger partial charge on any atom is -0.374 e. The first-order chi connectivity index (χ1) is 9.23. The van der Waals surface area contributed by atoms with Gasteiger partial charge in [0.05, 0.1) is 12.2 Å². The van der Waals surface area contributed by atoms with E-state index in [9.17, 15) is 0 Å². The van der Waals surface area contributed by atoms with E-state index in [-0.39, 0.29) is 11.5 Å². The van der Waals surface area contributed by atoms with Crippen molar-refractivity contribution in [1.82, 2.24) is 0 Å². The third kappa shape index (κ3) is 2.19. The molecule has 0 spiro atoms. The summed E-state index contributed by atoms with van der Waals surface area (Å²) in [5.41, 5.74) is 2.80. The standard InChI is InChI=1S/C18H20O/c1-14(2)19-17-13-18(17,15-9-5-3-6-10-15)16-11-7-4-8-12-16/h3-12,14,17H,13H2,1-2H3/t17-/m0/s1. The van der Waals surface area contributed by atoms with Crippen LogP contribution in [0.1, 0.15) is 31.4 Å². The Bertz CT molecular complexity index is 491. The molecule has 0 saturated heterocycles. The Kier molecular flexibility index (Phi) is 3.16. The minimum absolute atomic E-state index is 0.0623. The molecule has 0 aromatic heterocycles. The van der Waals surface area contributed by atoms with Gasteiger partial charge in [-0.3, -0.25) is 0 Å². The molecule has 1 atom stereocenters. The van der Waals surface area contributed by atoms with Crippen LogP contribution in [-0.2, 0) is 10.2 Å². The summed E-state index contributed by atoms with van der Waals surface area (Å²) in [5, 5.41) is 0. The topological polar surface area (TPSA) is 9.23 Å². The smallest absolute Gasteiger partial charge is 0.0729 e. The largest absolute Gasteiger partial charge is 0.374 e. The van der Waals surface area contributed by atoms with Crippen molar-refractivity contribution < 1.29 is 4.74 Å². The summed E-state index contributed by atoms with van der Waals surface area (Å²) < 4.78 is 6.09. The molecule has 0 N–H and O–H groups in total. The van der Waals surface area contributed by atoms with Crippen LogP contribution < -0.4 is 0 Å². The highest BCUT2D eigenvalue weighted by atomic mass is 16.5. The zero-order chi connectivity index (χ0) is 13.3. The predicted octanol–water partition coefficient (Wildman–Crippen LogP) is 4.17. The Morgan fingerprint density at radius 2 is 1.37 bits per heavy atom. The molecule has 2 aromatic rings. The summed E-state index contributed by atoms with van der Waals surface area (Å²) >= 11 is 0. The molecule has 0 unspecified atom stereocenters. The fourth-order valence-electron chi connectivity index (χ4n) is 2.97. The molecule has 0 bridgehead atoms. The Hall–Kier alpha value is -1.60. The van der Waals surface area contributed by atoms with Gasteiger partial charge in [-0.1, -0.05) is 60.7 Å². The third-order valence-electron chi connectivity index (χ3n) is 3.91. The van der Waals surface area contributed by atoms with Gasteiger partial charge in [-0.2, -0.15) is 0 Å². The van der Waals surface area contributed by atoms with E-state index in [1.807, 2.05) is 0 Å². The second-order valence-electron chi connectivity index (χ2n) is 5.58. The maximum Gasteiger partial charge on any atom is 0.0729 e. The highest BCUT2D eigenvalue weighted by Crippen LogP contribution is 2.55. The Labute approximate surface area is 115 Å². The number of hydrogen-bond donors (Lipinski definition) is 0. The second-order valence-corrected chi connectivity index (χ2v) is 5.58. The highest BCUT2D eigenvalue weighted by Gasteiger charge is 2.57. The Balaban J connectivity index is 2.00. The average molecular weight is 252 g/mol. The van der Waals surface area contributed by atoms with E-state index in [0.717, 1.165) is 6.42 Å². The van der Waals surface area contributed by atoms with E-state index in [1.54, 1.807) is 0 Å². The van der Waals surface area contributed by atoms with Crippen molar-refractivity contribution in [2.24, 2.45) is 0 Å².